The Morgan fingerprint density at radius 3 is 2.85 bits per heavy atom. The van der Waals surface area contributed by atoms with Gasteiger partial charge in [-0.1, -0.05) is 11.6 Å². The van der Waals surface area contributed by atoms with Gasteiger partial charge in [-0.25, -0.2) is 4.98 Å². The molecule has 3 nitrogen and oxygen atoms in total. The van der Waals surface area contributed by atoms with E-state index in [2.05, 4.69) is 10.3 Å². The van der Waals surface area contributed by atoms with E-state index in [-0.39, 0.29) is 0 Å². The average Bonchev–Trinajstić information content (AvgIpc) is 2.33. The van der Waals surface area contributed by atoms with E-state index in [1.165, 1.54) is 11.3 Å². The van der Waals surface area contributed by atoms with Crippen LogP contribution >= 0.6 is 22.9 Å². The molecule has 0 amide bonds. The molecule has 1 rings (SSSR count). The van der Waals surface area contributed by atoms with Crippen LogP contribution in [0.3, 0.4) is 0 Å². The number of aromatic nitrogens is 1. The van der Waals surface area contributed by atoms with E-state index >= 15 is 0 Å². The van der Waals surface area contributed by atoms with Crippen LogP contribution in [0, 0.1) is 0 Å². The molecule has 0 fully saturated rings. The summed E-state index contributed by atoms with van der Waals surface area (Å²) >= 11 is 7.10. The lowest BCUT2D eigenvalue weighted by molar-refractivity contribution is 0.0749. The Bertz CT molecular complexity index is 269. The third-order valence-electron chi connectivity index (χ3n) is 1.49. The van der Waals surface area contributed by atoms with Gasteiger partial charge < -0.3 is 10.4 Å². The fraction of sp³-hybridized carbons (Fsp3) is 0.625. The van der Waals surface area contributed by atoms with Crippen molar-refractivity contribution in [3.8, 4) is 0 Å². The Kier molecular flexibility index (Phi) is 3.53. The zero-order valence-corrected chi connectivity index (χ0v) is 9.24. The molecule has 0 aliphatic carbocycles. The highest BCUT2D eigenvalue weighted by atomic mass is 35.5. The Morgan fingerprint density at radius 1 is 1.69 bits per heavy atom. The van der Waals surface area contributed by atoms with Crippen molar-refractivity contribution in [2.24, 2.45) is 0 Å². The van der Waals surface area contributed by atoms with E-state index in [1.54, 1.807) is 19.2 Å². The molecule has 74 valence electrons. The van der Waals surface area contributed by atoms with Gasteiger partial charge in [0.1, 0.15) is 5.15 Å². The van der Waals surface area contributed by atoms with Crippen LogP contribution in [0.2, 0.25) is 5.15 Å². The molecule has 0 spiro atoms. The molecule has 13 heavy (non-hydrogen) atoms. The minimum atomic E-state index is -0.631. The normalized spacial score (nSPS) is 11.7. The average molecular weight is 221 g/mol. The van der Waals surface area contributed by atoms with E-state index in [1.807, 2.05) is 0 Å². The largest absolute Gasteiger partial charge is 0.390 e. The number of nitrogens with one attached hydrogen (secondary N) is 1. The summed E-state index contributed by atoms with van der Waals surface area (Å²) in [7, 11) is 0. The Balaban J connectivity index is 2.28. The maximum absolute atomic E-state index is 9.42. The van der Waals surface area contributed by atoms with Crippen LogP contribution in [0.15, 0.2) is 5.38 Å². The standard InChI is InChI=1S/C8H13ClN2OS/c1-8(2,12)3-4-10-7-11-6(9)5-13-7/h5,12H,3-4H2,1-2H3,(H,10,11). The van der Waals surface area contributed by atoms with Gasteiger partial charge in [0.05, 0.1) is 5.60 Å². The monoisotopic (exact) mass is 220 g/mol. The van der Waals surface area contributed by atoms with Gasteiger partial charge in [-0.05, 0) is 20.3 Å². The highest BCUT2D eigenvalue weighted by Gasteiger charge is 2.11. The summed E-state index contributed by atoms with van der Waals surface area (Å²) in [6.07, 6.45) is 0.685. The van der Waals surface area contributed by atoms with Gasteiger partial charge in [-0.2, -0.15) is 0 Å². The lowest BCUT2D eigenvalue weighted by Crippen LogP contribution is -2.22. The van der Waals surface area contributed by atoms with Gasteiger partial charge in [0.25, 0.3) is 0 Å². The predicted octanol–water partition coefficient (Wildman–Crippen LogP) is 2.37. The van der Waals surface area contributed by atoms with Crippen molar-refractivity contribution in [1.29, 1.82) is 0 Å². The minimum Gasteiger partial charge on any atom is -0.390 e. The second kappa shape index (κ2) is 4.26. The quantitative estimate of drug-likeness (QED) is 0.819. The molecule has 0 saturated carbocycles. The Labute approximate surface area is 86.8 Å². The fourth-order valence-electron chi connectivity index (χ4n) is 0.811. The molecule has 1 aromatic rings. The van der Waals surface area contributed by atoms with Gasteiger partial charge in [-0.15, -0.1) is 11.3 Å². The first-order valence-electron chi connectivity index (χ1n) is 4.05. The number of anilines is 1. The number of hydrogen-bond donors (Lipinski definition) is 2. The van der Waals surface area contributed by atoms with E-state index in [9.17, 15) is 5.11 Å². The van der Waals surface area contributed by atoms with Crippen molar-refractivity contribution in [2.45, 2.75) is 25.9 Å². The molecule has 1 aromatic heterocycles. The lowest BCUT2D eigenvalue weighted by atomic mass is 10.1. The molecule has 0 unspecified atom stereocenters. The lowest BCUT2D eigenvalue weighted by Gasteiger charge is -2.16. The third kappa shape index (κ3) is 4.45. The molecule has 2 N–H and O–H groups in total. The summed E-state index contributed by atoms with van der Waals surface area (Å²) in [4.78, 5) is 4.02. The summed E-state index contributed by atoms with van der Waals surface area (Å²) in [5.74, 6) is 0. The van der Waals surface area contributed by atoms with Crippen LogP contribution in [0.1, 0.15) is 20.3 Å². The molecule has 0 atom stereocenters. The topological polar surface area (TPSA) is 45.1 Å². The number of thiazole rings is 1. The van der Waals surface area contributed by atoms with Crippen molar-refractivity contribution in [3.63, 3.8) is 0 Å². The molecule has 0 bridgehead atoms. The summed E-state index contributed by atoms with van der Waals surface area (Å²) in [5.41, 5.74) is -0.631. The van der Waals surface area contributed by atoms with Gasteiger partial charge in [-0.3, -0.25) is 0 Å². The number of rotatable bonds is 4. The number of aliphatic hydroxyl groups is 1. The van der Waals surface area contributed by atoms with Crippen LogP contribution in [-0.2, 0) is 0 Å². The fourth-order valence-corrected chi connectivity index (χ4v) is 1.68. The van der Waals surface area contributed by atoms with E-state index in [4.69, 9.17) is 11.6 Å². The van der Waals surface area contributed by atoms with Crippen LogP contribution in [-0.4, -0.2) is 22.2 Å². The molecular weight excluding hydrogens is 208 g/mol. The van der Waals surface area contributed by atoms with Gasteiger partial charge in [0, 0.05) is 11.9 Å². The second-order valence-corrected chi connectivity index (χ2v) is 4.71. The van der Waals surface area contributed by atoms with Crippen LogP contribution in [0.4, 0.5) is 5.13 Å². The van der Waals surface area contributed by atoms with E-state index in [0.29, 0.717) is 18.1 Å². The predicted molar refractivity (Wildman–Crippen MR) is 56.5 cm³/mol. The first-order chi connectivity index (χ1) is 5.97. The minimum absolute atomic E-state index is 0.510. The third-order valence-corrected chi connectivity index (χ3v) is 2.61. The van der Waals surface area contributed by atoms with Crippen LogP contribution < -0.4 is 5.32 Å². The van der Waals surface area contributed by atoms with Crippen molar-refractivity contribution in [3.05, 3.63) is 10.5 Å². The molecule has 0 saturated heterocycles. The number of nitrogens with zero attached hydrogens (tertiary/aromatic N) is 1. The second-order valence-electron chi connectivity index (χ2n) is 3.46. The van der Waals surface area contributed by atoms with Crippen molar-refractivity contribution < 1.29 is 5.11 Å². The molecule has 0 radical (unpaired) electrons. The molecule has 1 heterocycles. The van der Waals surface area contributed by atoms with Gasteiger partial charge in [0.15, 0.2) is 5.13 Å². The Hall–Kier alpha value is -0.320. The van der Waals surface area contributed by atoms with Crippen LogP contribution in [0.5, 0.6) is 0 Å². The highest BCUT2D eigenvalue weighted by Crippen LogP contribution is 2.19. The van der Waals surface area contributed by atoms with Gasteiger partial charge in [0.2, 0.25) is 0 Å². The molecular formula is C8H13ClN2OS. The van der Waals surface area contributed by atoms with Crippen molar-refractivity contribution in [1.82, 2.24) is 4.98 Å². The maximum Gasteiger partial charge on any atom is 0.184 e. The van der Waals surface area contributed by atoms with Crippen molar-refractivity contribution >= 4 is 28.1 Å². The Morgan fingerprint density at radius 2 is 2.38 bits per heavy atom. The van der Waals surface area contributed by atoms with E-state index < -0.39 is 5.60 Å². The smallest absolute Gasteiger partial charge is 0.184 e. The van der Waals surface area contributed by atoms with Gasteiger partial charge >= 0.3 is 0 Å². The van der Waals surface area contributed by atoms with Crippen LogP contribution in [0.25, 0.3) is 0 Å². The first kappa shape index (κ1) is 10.8. The molecule has 0 aliphatic heterocycles. The summed E-state index contributed by atoms with van der Waals surface area (Å²) < 4.78 is 0. The zero-order chi connectivity index (χ0) is 9.90. The molecule has 5 heteroatoms. The van der Waals surface area contributed by atoms with E-state index in [0.717, 1.165) is 5.13 Å². The highest BCUT2D eigenvalue weighted by molar-refractivity contribution is 7.14. The number of hydrogen-bond acceptors (Lipinski definition) is 4. The first-order valence-corrected chi connectivity index (χ1v) is 5.30. The molecule has 0 aromatic carbocycles. The SMILES string of the molecule is CC(C)(O)CCNc1nc(Cl)cs1. The number of halogens is 1. The summed E-state index contributed by atoms with van der Waals surface area (Å²) in [5, 5.41) is 15.6. The summed E-state index contributed by atoms with van der Waals surface area (Å²) in [6, 6.07) is 0. The summed E-state index contributed by atoms with van der Waals surface area (Å²) in [6.45, 7) is 4.26. The molecule has 0 aliphatic rings. The zero-order valence-electron chi connectivity index (χ0n) is 7.67. The maximum atomic E-state index is 9.42. The van der Waals surface area contributed by atoms with Crippen molar-refractivity contribution in [2.75, 3.05) is 11.9 Å².